The molecule has 0 spiro atoms. The molecule has 0 radical (unpaired) electrons. The van der Waals surface area contributed by atoms with Crippen molar-refractivity contribution in [2.24, 2.45) is 5.92 Å². The molecule has 0 bridgehead atoms. The largest absolute Gasteiger partial charge is 0.314 e. The number of hydrogen-bond donors (Lipinski definition) is 2. The zero-order valence-corrected chi connectivity index (χ0v) is 12.6. The summed E-state index contributed by atoms with van der Waals surface area (Å²) in [6.07, 6.45) is 8.14. The Kier molecular flexibility index (Phi) is 4.74. The van der Waals surface area contributed by atoms with Gasteiger partial charge in [-0.3, -0.25) is 0 Å². The van der Waals surface area contributed by atoms with Crippen LogP contribution in [-0.4, -0.2) is 18.6 Å². The summed E-state index contributed by atoms with van der Waals surface area (Å²) < 4.78 is 0. The quantitative estimate of drug-likeness (QED) is 0.826. The molecule has 1 heterocycles. The fraction of sp³-hybridized carbons (Fsp3) is 0.667. The maximum absolute atomic E-state index is 3.90. The van der Waals surface area contributed by atoms with Gasteiger partial charge in [-0.15, -0.1) is 0 Å². The third kappa shape index (κ3) is 3.83. The zero-order chi connectivity index (χ0) is 13.8. The Hall–Kier alpha value is -0.860. The summed E-state index contributed by atoms with van der Waals surface area (Å²) in [5.41, 5.74) is 1.47. The van der Waals surface area contributed by atoms with Crippen LogP contribution in [0.2, 0.25) is 0 Å². The highest BCUT2D eigenvalue weighted by Crippen LogP contribution is 2.41. The van der Waals surface area contributed by atoms with Gasteiger partial charge in [0.15, 0.2) is 0 Å². The topological polar surface area (TPSA) is 24.1 Å². The van der Waals surface area contributed by atoms with E-state index in [0.29, 0.717) is 12.1 Å². The van der Waals surface area contributed by atoms with Crippen LogP contribution in [0.5, 0.6) is 0 Å². The van der Waals surface area contributed by atoms with Crippen LogP contribution in [0, 0.1) is 5.92 Å². The van der Waals surface area contributed by atoms with E-state index in [1.54, 1.807) is 0 Å². The first-order valence-electron chi connectivity index (χ1n) is 8.37. The predicted octanol–water partition coefficient (Wildman–Crippen LogP) is 3.65. The van der Waals surface area contributed by atoms with Crippen LogP contribution in [0.15, 0.2) is 30.3 Å². The number of rotatable bonds is 6. The smallest absolute Gasteiger partial charge is 0.0350 e. The van der Waals surface area contributed by atoms with E-state index in [-0.39, 0.29) is 0 Å². The second kappa shape index (κ2) is 6.73. The van der Waals surface area contributed by atoms with Crippen LogP contribution >= 0.6 is 0 Å². The molecule has 0 aromatic heterocycles. The first kappa shape index (κ1) is 14.1. The summed E-state index contributed by atoms with van der Waals surface area (Å²) in [6.45, 7) is 3.57. The number of benzene rings is 1. The van der Waals surface area contributed by atoms with Crippen LogP contribution in [-0.2, 0) is 0 Å². The summed E-state index contributed by atoms with van der Waals surface area (Å²) >= 11 is 0. The molecule has 1 aromatic rings. The minimum absolute atomic E-state index is 0.565. The fourth-order valence-corrected chi connectivity index (χ4v) is 3.52. The van der Waals surface area contributed by atoms with Gasteiger partial charge in [0.25, 0.3) is 0 Å². The van der Waals surface area contributed by atoms with E-state index in [0.717, 1.165) is 12.0 Å². The fourth-order valence-electron chi connectivity index (χ4n) is 3.52. The lowest BCUT2D eigenvalue weighted by Gasteiger charge is -2.29. The molecule has 3 rings (SSSR count). The van der Waals surface area contributed by atoms with E-state index in [4.69, 9.17) is 0 Å². The molecular weight excluding hydrogens is 244 g/mol. The third-order valence-corrected chi connectivity index (χ3v) is 4.77. The molecule has 2 fully saturated rings. The normalized spacial score (nSPS) is 26.1. The second-order valence-corrected chi connectivity index (χ2v) is 6.68. The molecule has 3 atom stereocenters. The Morgan fingerprint density at radius 2 is 1.95 bits per heavy atom. The van der Waals surface area contributed by atoms with Crippen LogP contribution in [0.1, 0.15) is 57.1 Å². The summed E-state index contributed by atoms with van der Waals surface area (Å²) in [5, 5.41) is 7.57. The summed E-state index contributed by atoms with van der Waals surface area (Å²) in [7, 11) is 0. The molecule has 1 saturated heterocycles. The van der Waals surface area contributed by atoms with Gasteiger partial charge >= 0.3 is 0 Å². The number of piperidine rings is 1. The van der Waals surface area contributed by atoms with Crippen LogP contribution in [0.4, 0.5) is 0 Å². The van der Waals surface area contributed by atoms with E-state index in [9.17, 15) is 0 Å². The van der Waals surface area contributed by atoms with Crippen molar-refractivity contribution in [3.63, 3.8) is 0 Å². The molecule has 2 N–H and O–H groups in total. The molecule has 2 aliphatic rings. The summed E-state index contributed by atoms with van der Waals surface area (Å²) in [4.78, 5) is 0. The lowest BCUT2D eigenvalue weighted by molar-refractivity contribution is 0.321. The van der Waals surface area contributed by atoms with Crippen molar-refractivity contribution >= 4 is 0 Å². The van der Waals surface area contributed by atoms with Crippen molar-refractivity contribution in [1.82, 2.24) is 10.6 Å². The van der Waals surface area contributed by atoms with Crippen LogP contribution in [0.3, 0.4) is 0 Å². The van der Waals surface area contributed by atoms with Crippen LogP contribution < -0.4 is 10.6 Å². The molecule has 1 saturated carbocycles. The molecule has 110 valence electrons. The lowest BCUT2D eigenvalue weighted by atomic mass is 9.96. The van der Waals surface area contributed by atoms with Gasteiger partial charge in [-0.05, 0) is 57.1 Å². The van der Waals surface area contributed by atoms with Gasteiger partial charge in [0, 0.05) is 18.1 Å². The molecule has 1 aromatic carbocycles. The molecule has 2 heteroatoms. The molecule has 3 unspecified atom stereocenters. The van der Waals surface area contributed by atoms with E-state index in [2.05, 4.69) is 47.9 Å². The SMILES string of the molecule is CC(CC1CCCCN1)NC(c1ccccc1)C1CC1. The van der Waals surface area contributed by atoms with Gasteiger partial charge in [0.2, 0.25) is 0 Å². The van der Waals surface area contributed by atoms with E-state index < -0.39 is 0 Å². The molecular formula is C18H28N2. The summed E-state index contributed by atoms with van der Waals surface area (Å²) in [6, 6.07) is 12.9. The molecule has 0 amide bonds. The van der Waals surface area contributed by atoms with Crippen LogP contribution in [0.25, 0.3) is 0 Å². The summed E-state index contributed by atoms with van der Waals surface area (Å²) in [5.74, 6) is 0.860. The monoisotopic (exact) mass is 272 g/mol. The van der Waals surface area contributed by atoms with Crippen molar-refractivity contribution in [1.29, 1.82) is 0 Å². The highest BCUT2D eigenvalue weighted by molar-refractivity contribution is 5.21. The standard InChI is InChI=1S/C18H28N2/c1-14(13-17-9-5-6-12-19-17)20-18(16-10-11-16)15-7-3-2-4-8-15/h2-4,7-8,14,16-20H,5-6,9-13H2,1H3. The Morgan fingerprint density at radius 1 is 1.15 bits per heavy atom. The average Bonchev–Trinajstić information content (AvgIpc) is 3.31. The molecule has 20 heavy (non-hydrogen) atoms. The highest BCUT2D eigenvalue weighted by atomic mass is 15.0. The lowest BCUT2D eigenvalue weighted by Crippen LogP contribution is -2.41. The van der Waals surface area contributed by atoms with Crippen molar-refractivity contribution in [2.75, 3.05) is 6.54 Å². The Bertz CT molecular complexity index is 393. The minimum Gasteiger partial charge on any atom is -0.314 e. The first-order valence-corrected chi connectivity index (χ1v) is 8.37. The first-order chi connectivity index (χ1) is 9.83. The average molecular weight is 272 g/mol. The maximum atomic E-state index is 3.90. The maximum Gasteiger partial charge on any atom is 0.0350 e. The highest BCUT2D eigenvalue weighted by Gasteiger charge is 2.33. The van der Waals surface area contributed by atoms with Crippen molar-refractivity contribution in [2.45, 2.75) is 63.6 Å². The number of nitrogens with one attached hydrogen (secondary N) is 2. The zero-order valence-electron chi connectivity index (χ0n) is 12.6. The van der Waals surface area contributed by atoms with Gasteiger partial charge < -0.3 is 10.6 Å². The minimum atomic E-state index is 0.565. The van der Waals surface area contributed by atoms with E-state index >= 15 is 0 Å². The Labute approximate surface area is 123 Å². The Balaban J connectivity index is 1.56. The van der Waals surface area contributed by atoms with Gasteiger partial charge in [0.1, 0.15) is 0 Å². The predicted molar refractivity (Wildman–Crippen MR) is 84.8 cm³/mol. The van der Waals surface area contributed by atoms with Gasteiger partial charge in [-0.2, -0.15) is 0 Å². The molecule has 1 aliphatic heterocycles. The Morgan fingerprint density at radius 3 is 2.60 bits per heavy atom. The second-order valence-electron chi connectivity index (χ2n) is 6.68. The molecule has 2 nitrogen and oxygen atoms in total. The molecule has 1 aliphatic carbocycles. The van der Waals surface area contributed by atoms with Crippen molar-refractivity contribution in [3.05, 3.63) is 35.9 Å². The van der Waals surface area contributed by atoms with E-state index in [1.165, 1.54) is 50.6 Å². The third-order valence-electron chi connectivity index (χ3n) is 4.77. The van der Waals surface area contributed by atoms with Gasteiger partial charge in [0.05, 0.1) is 0 Å². The van der Waals surface area contributed by atoms with Crippen molar-refractivity contribution in [3.8, 4) is 0 Å². The van der Waals surface area contributed by atoms with E-state index in [1.807, 2.05) is 0 Å². The van der Waals surface area contributed by atoms with Gasteiger partial charge in [-0.1, -0.05) is 36.8 Å². The van der Waals surface area contributed by atoms with Gasteiger partial charge in [-0.25, -0.2) is 0 Å². The number of hydrogen-bond acceptors (Lipinski definition) is 2. The van der Waals surface area contributed by atoms with Crippen molar-refractivity contribution < 1.29 is 0 Å².